The molecule has 0 radical (unpaired) electrons. The van der Waals surface area contributed by atoms with Gasteiger partial charge in [-0.15, -0.1) is 0 Å². The maximum absolute atomic E-state index is 5.86. The molecular formula is C24H24N2O2. The lowest BCUT2D eigenvalue weighted by Crippen LogP contribution is -2.36. The average molecular weight is 372 g/mol. The Morgan fingerprint density at radius 2 is 1.43 bits per heavy atom. The number of aryl methyl sites for hydroxylation is 1. The van der Waals surface area contributed by atoms with Crippen molar-refractivity contribution in [3.8, 4) is 11.5 Å². The Bertz CT molecular complexity index is 910. The average Bonchev–Trinajstić information content (AvgIpc) is 2.76. The SMILES string of the molecule is Cc1ccc(Oc2ccc(N=Cc3ccc(N4CCOCC4)cc3)cc2)cc1. The zero-order valence-electron chi connectivity index (χ0n) is 16.0. The van der Waals surface area contributed by atoms with Gasteiger partial charge >= 0.3 is 0 Å². The smallest absolute Gasteiger partial charge is 0.127 e. The molecule has 1 fully saturated rings. The largest absolute Gasteiger partial charge is 0.457 e. The summed E-state index contributed by atoms with van der Waals surface area (Å²) in [5, 5.41) is 0. The molecule has 0 saturated carbocycles. The first-order chi connectivity index (χ1) is 13.8. The van der Waals surface area contributed by atoms with Gasteiger partial charge in [0.25, 0.3) is 0 Å². The number of rotatable bonds is 5. The van der Waals surface area contributed by atoms with Gasteiger partial charge in [0.05, 0.1) is 18.9 Å². The van der Waals surface area contributed by atoms with Crippen molar-refractivity contribution in [3.63, 3.8) is 0 Å². The van der Waals surface area contributed by atoms with E-state index >= 15 is 0 Å². The number of hydrogen-bond donors (Lipinski definition) is 0. The summed E-state index contributed by atoms with van der Waals surface area (Å²) in [7, 11) is 0. The Hall–Kier alpha value is -3.11. The minimum Gasteiger partial charge on any atom is -0.457 e. The molecule has 1 aliphatic heterocycles. The van der Waals surface area contributed by atoms with E-state index in [9.17, 15) is 0 Å². The minimum absolute atomic E-state index is 0.798. The molecule has 0 amide bonds. The topological polar surface area (TPSA) is 34.1 Å². The maximum Gasteiger partial charge on any atom is 0.127 e. The van der Waals surface area contributed by atoms with E-state index in [0.717, 1.165) is 49.1 Å². The van der Waals surface area contributed by atoms with Gasteiger partial charge < -0.3 is 14.4 Å². The zero-order valence-corrected chi connectivity index (χ0v) is 16.0. The number of benzene rings is 3. The van der Waals surface area contributed by atoms with Gasteiger partial charge in [-0.3, -0.25) is 4.99 Å². The van der Waals surface area contributed by atoms with Gasteiger partial charge in [-0.1, -0.05) is 29.8 Å². The van der Waals surface area contributed by atoms with Crippen LogP contribution in [0.25, 0.3) is 0 Å². The van der Waals surface area contributed by atoms with Gasteiger partial charge in [0.2, 0.25) is 0 Å². The van der Waals surface area contributed by atoms with Crippen LogP contribution in [0.4, 0.5) is 11.4 Å². The van der Waals surface area contributed by atoms with Gasteiger partial charge in [-0.25, -0.2) is 0 Å². The second-order valence-electron chi connectivity index (χ2n) is 6.86. The van der Waals surface area contributed by atoms with Crippen molar-refractivity contribution in [2.75, 3.05) is 31.2 Å². The quantitative estimate of drug-likeness (QED) is 0.564. The summed E-state index contributed by atoms with van der Waals surface area (Å²) in [4.78, 5) is 6.91. The van der Waals surface area contributed by atoms with Crippen molar-refractivity contribution in [1.82, 2.24) is 0 Å². The van der Waals surface area contributed by atoms with Crippen molar-refractivity contribution in [1.29, 1.82) is 0 Å². The molecule has 0 spiro atoms. The van der Waals surface area contributed by atoms with Crippen LogP contribution in [0.15, 0.2) is 77.8 Å². The van der Waals surface area contributed by atoms with Crippen LogP contribution in [-0.4, -0.2) is 32.5 Å². The van der Waals surface area contributed by atoms with Gasteiger partial charge in [-0.05, 0) is 61.0 Å². The molecule has 4 rings (SSSR count). The molecule has 0 N–H and O–H groups in total. The summed E-state index contributed by atoms with van der Waals surface area (Å²) in [6, 6.07) is 24.3. The lowest BCUT2D eigenvalue weighted by Gasteiger charge is -2.28. The molecule has 4 nitrogen and oxygen atoms in total. The molecule has 28 heavy (non-hydrogen) atoms. The summed E-state index contributed by atoms with van der Waals surface area (Å²) < 4.78 is 11.3. The molecule has 0 aliphatic carbocycles. The summed E-state index contributed by atoms with van der Waals surface area (Å²) >= 11 is 0. The summed E-state index contributed by atoms with van der Waals surface area (Å²) in [5.74, 6) is 1.64. The summed E-state index contributed by atoms with van der Waals surface area (Å²) in [6.45, 7) is 5.56. The molecule has 3 aromatic rings. The predicted molar refractivity (Wildman–Crippen MR) is 114 cm³/mol. The number of anilines is 1. The Kier molecular flexibility index (Phi) is 5.69. The molecule has 142 valence electrons. The number of morpholine rings is 1. The lowest BCUT2D eigenvalue weighted by atomic mass is 10.2. The highest BCUT2D eigenvalue weighted by Gasteiger charge is 2.10. The third-order valence-electron chi connectivity index (χ3n) is 4.73. The number of ether oxygens (including phenoxy) is 2. The Morgan fingerprint density at radius 3 is 2.07 bits per heavy atom. The molecule has 0 aromatic heterocycles. The predicted octanol–water partition coefficient (Wildman–Crippen LogP) is 5.37. The van der Waals surface area contributed by atoms with Crippen molar-refractivity contribution in [2.45, 2.75) is 6.92 Å². The monoisotopic (exact) mass is 372 g/mol. The molecule has 0 unspecified atom stereocenters. The molecule has 4 heteroatoms. The van der Waals surface area contributed by atoms with Gasteiger partial charge in [0.1, 0.15) is 11.5 Å². The van der Waals surface area contributed by atoms with Crippen molar-refractivity contribution >= 4 is 17.6 Å². The molecule has 1 aliphatic rings. The van der Waals surface area contributed by atoms with Crippen LogP contribution in [0.2, 0.25) is 0 Å². The van der Waals surface area contributed by atoms with Crippen LogP contribution in [-0.2, 0) is 4.74 Å². The van der Waals surface area contributed by atoms with E-state index in [-0.39, 0.29) is 0 Å². The highest BCUT2D eigenvalue weighted by molar-refractivity contribution is 5.82. The van der Waals surface area contributed by atoms with E-state index in [4.69, 9.17) is 9.47 Å². The second kappa shape index (κ2) is 8.72. The molecule has 1 heterocycles. The van der Waals surface area contributed by atoms with Crippen LogP contribution in [0.3, 0.4) is 0 Å². The number of hydrogen-bond acceptors (Lipinski definition) is 4. The van der Waals surface area contributed by atoms with E-state index in [1.54, 1.807) is 0 Å². The third-order valence-corrected chi connectivity index (χ3v) is 4.73. The zero-order chi connectivity index (χ0) is 19.2. The summed E-state index contributed by atoms with van der Waals surface area (Å²) in [6.07, 6.45) is 1.89. The first kappa shape index (κ1) is 18.3. The van der Waals surface area contributed by atoms with Crippen LogP contribution in [0.1, 0.15) is 11.1 Å². The third kappa shape index (κ3) is 4.78. The van der Waals surface area contributed by atoms with Gasteiger partial charge in [-0.2, -0.15) is 0 Å². The Balaban J connectivity index is 1.37. The maximum atomic E-state index is 5.86. The molecule has 3 aromatic carbocycles. The molecule has 0 atom stereocenters. The Morgan fingerprint density at radius 1 is 0.821 bits per heavy atom. The van der Waals surface area contributed by atoms with Crippen molar-refractivity contribution in [3.05, 3.63) is 83.9 Å². The van der Waals surface area contributed by atoms with E-state index in [1.807, 2.05) is 54.7 Å². The fourth-order valence-electron chi connectivity index (χ4n) is 3.08. The van der Waals surface area contributed by atoms with Gasteiger partial charge in [0, 0.05) is 25.0 Å². The fraction of sp³-hybridized carbons (Fsp3) is 0.208. The minimum atomic E-state index is 0.798. The fourth-order valence-corrected chi connectivity index (χ4v) is 3.08. The van der Waals surface area contributed by atoms with Crippen LogP contribution in [0, 0.1) is 6.92 Å². The van der Waals surface area contributed by atoms with E-state index < -0.39 is 0 Å². The highest BCUT2D eigenvalue weighted by Crippen LogP contribution is 2.24. The second-order valence-corrected chi connectivity index (χ2v) is 6.86. The first-order valence-electron chi connectivity index (χ1n) is 9.58. The molecule has 1 saturated heterocycles. The van der Waals surface area contributed by atoms with Crippen molar-refractivity contribution in [2.24, 2.45) is 4.99 Å². The number of nitrogens with zero attached hydrogens (tertiary/aromatic N) is 2. The van der Waals surface area contributed by atoms with E-state index in [1.165, 1.54) is 11.3 Å². The van der Waals surface area contributed by atoms with Crippen molar-refractivity contribution < 1.29 is 9.47 Å². The highest BCUT2D eigenvalue weighted by atomic mass is 16.5. The Labute approximate surface area is 166 Å². The first-order valence-corrected chi connectivity index (χ1v) is 9.58. The standard InChI is InChI=1S/C24H24N2O2/c1-19-2-10-23(11-3-19)28-24-12-6-21(7-13-24)25-18-20-4-8-22(9-5-20)26-14-16-27-17-15-26/h2-13,18H,14-17H2,1H3. The van der Waals surface area contributed by atoms with E-state index in [2.05, 4.69) is 41.1 Å². The summed E-state index contributed by atoms with van der Waals surface area (Å²) in [5.41, 5.74) is 4.43. The lowest BCUT2D eigenvalue weighted by molar-refractivity contribution is 0.122. The normalized spacial score (nSPS) is 14.4. The van der Waals surface area contributed by atoms with E-state index in [0.29, 0.717) is 0 Å². The molecule has 0 bridgehead atoms. The number of aliphatic imine (C=N–C) groups is 1. The van der Waals surface area contributed by atoms with Crippen LogP contribution < -0.4 is 9.64 Å². The van der Waals surface area contributed by atoms with Crippen LogP contribution in [0.5, 0.6) is 11.5 Å². The molecular weight excluding hydrogens is 348 g/mol. The van der Waals surface area contributed by atoms with Crippen LogP contribution >= 0.6 is 0 Å². The van der Waals surface area contributed by atoms with Gasteiger partial charge in [0.15, 0.2) is 0 Å².